The van der Waals surface area contributed by atoms with Gasteiger partial charge in [0.2, 0.25) is 0 Å². The van der Waals surface area contributed by atoms with E-state index in [1.165, 1.54) is 39.6 Å². The van der Waals surface area contributed by atoms with Crippen molar-refractivity contribution in [2.75, 3.05) is 62.2 Å². The molecule has 6 heteroatoms. The van der Waals surface area contributed by atoms with Gasteiger partial charge in [-0.05, 0) is 73.5 Å². The Balaban J connectivity index is 1.21. The van der Waals surface area contributed by atoms with Gasteiger partial charge in [-0.15, -0.1) is 0 Å². The number of nitrogens with zero attached hydrogens (tertiary/aromatic N) is 5. The molecule has 0 atom stereocenters. The average Bonchev–Trinajstić information content (AvgIpc) is 3.23. The van der Waals surface area contributed by atoms with Crippen LogP contribution in [-0.2, 0) is 13.1 Å². The van der Waals surface area contributed by atoms with Gasteiger partial charge < -0.3 is 14.4 Å². The summed E-state index contributed by atoms with van der Waals surface area (Å²) in [5.74, 6) is 0. The summed E-state index contributed by atoms with van der Waals surface area (Å²) in [7, 11) is 0. The van der Waals surface area contributed by atoms with Crippen LogP contribution in [0.5, 0.6) is 0 Å². The molecule has 3 heterocycles. The molecule has 40 heavy (non-hydrogen) atoms. The molecule has 4 aromatic rings. The minimum Gasteiger partial charge on any atom is -0.369 e. The quantitative estimate of drug-likeness (QED) is 0.264. The molecule has 2 fully saturated rings. The summed E-state index contributed by atoms with van der Waals surface area (Å²) in [5.41, 5.74) is 9.54. The average molecular weight is 554 g/mol. The normalized spacial score (nSPS) is 17.0. The maximum Gasteiger partial charge on any atom is 0.0456 e. The molecule has 0 unspecified atom stereocenters. The molecule has 2 aliphatic heterocycles. The van der Waals surface area contributed by atoms with Gasteiger partial charge in [0.25, 0.3) is 0 Å². The third-order valence-corrected chi connectivity index (χ3v) is 9.00. The van der Waals surface area contributed by atoms with Crippen LogP contribution in [0.4, 0.5) is 11.4 Å². The van der Waals surface area contributed by atoms with Crippen molar-refractivity contribution in [3.63, 3.8) is 0 Å². The second kappa shape index (κ2) is 12.1. The van der Waals surface area contributed by atoms with Gasteiger partial charge >= 0.3 is 0 Å². The molecule has 0 spiro atoms. The summed E-state index contributed by atoms with van der Waals surface area (Å²) < 4.78 is 2.45. The monoisotopic (exact) mass is 553 g/mol. The molecule has 6 rings (SSSR count). The zero-order chi connectivity index (χ0) is 27.5. The van der Waals surface area contributed by atoms with Gasteiger partial charge in [0.05, 0.1) is 0 Å². The molecule has 0 N–H and O–H groups in total. The molecule has 2 saturated heterocycles. The molecule has 0 bridgehead atoms. The van der Waals surface area contributed by atoms with E-state index in [2.05, 4.69) is 111 Å². The highest BCUT2D eigenvalue weighted by Gasteiger charge is 2.26. The molecule has 5 nitrogen and oxygen atoms in total. The van der Waals surface area contributed by atoms with E-state index in [1.807, 2.05) is 12.1 Å². The van der Waals surface area contributed by atoms with E-state index in [4.69, 9.17) is 11.6 Å². The van der Waals surface area contributed by atoms with Crippen LogP contribution >= 0.6 is 11.6 Å². The minimum atomic E-state index is 0.777. The number of anilines is 2. The van der Waals surface area contributed by atoms with E-state index in [1.54, 1.807) is 0 Å². The highest BCUT2D eigenvalue weighted by Crippen LogP contribution is 2.30. The fourth-order valence-electron chi connectivity index (χ4n) is 6.41. The number of hydrogen-bond acceptors (Lipinski definition) is 4. The van der Waals surface area contributed by atoms with Crippen molar-refractivity contribution in [2.24, 2.45) is 0 Å². The fourth-order valence-corrected chi connectivity index (χ4v) is 6.53. The van der Waals surface area contributed by atoms with Crippen molar-refractivity contribution in [3.8, 4) is 5.69 Å². The lowest BCUT2D eigenvalue weighted by Gasteiger charge is -2.37. The van der Waals surface area contributed by atoms with Gasteiger partial charge in [0.15, 0.2) is 0 Å². The molecular weight excluding hydrogens is 514 g/mol. The van der Waals surface area contributed by atoms with E-state index in [9.17, 15) is 0 Å². The van der Waals surface area contributed by atoms with Crippen LogP contribution in [-0.4, -0.2) is 66.7 Å². The highest BCUT2D eigenvalue weighted by molar-refractivity contribution is 6.30. The Labute approximate surface area is 244 Å². The van der Waals surface area contributed by atoms with E-state index in [0.29, 0.717) is 0 Å². The molecule has 0 saturated carbocycles. The smallest absolute Gasteiger partial charge is 0.0456 e. The van der Waals surface area contributed by atoms with Crippen molar-refractivity contribution in [1.82, 2.24) is 14.4 Å². The number of rotatable bonds is 7. The third kappa shape index (κ3) is 5.78. The number of aromatic nitrogens is 1. The zero-order valence-corrected chi connectivity index (χ0v) is 24.5. The summed E-state index contributed by atoms with van der Waals surface area (Å²) in [6, 6.07) is 29.9. The van der Waals surface area contributed by atoms with Crippen LogP contribution in [0.1, 0.15) is 22.5 Å². The molecule has 2 aliphatic rings. The molecule has 208 valence electrons. The Morgan fingerprint density at radius 1 is 0.500 bits per heavy atom. The Hall–Kier alpha value is -3.25. The van der Waals surface area contributed by atoms with Crippen LogP contribution in [0.25, 0.3) is 5.69 Å². The predicted octanol–water partition coefficient (Wildman–Crippen LogP) is 6.39. The van der Waals surface area contributed by atoms with Crippen molar-refractivity contribution >= 4 is 23.0 Å². The molecule has 0 aliphatic carbocycles. The molecule has 0 amide bonds. The van der Waals surface area contributed by atoms with Crippen LogP contribution in [0.2, 0.25) is 5.02 Å². The maximum absolute atomic E-state index is 6.25. The van der Waals surface area contributed by atoms with Crippen LogP contribution in [0, 0.1) is 13.8 Å². The Morgan fingerprint density at radius 2 is 0.900 bits per heavy atom. The summed E-state index contributed by atoms with van der Waals surface area (Å²) in [6.45, 7) is 15.2. The number of piperazine rings is 2. The SMILES string of the molecule is Cc1c(CN2CCN(c3ccccc3)CC2)c(CN2CCN(c3ccccc3)CC2)c(C)n1-c1ccc(Cl)cc1. The first-order valence-corrected chi connectivity index (χ1v) is 14.9. The number of halogens is 1. The van der Waals surface area contributed by atoms with Crippen LogP contribution < -0.4 is 9.80 Å². The standard InChI is InChI=1S/C34H40ClN5/c1-27-33(25-36-17-21-38(22-18-36)30-9-5-3-6-10-30)34(28(2)40(27)32-15-13-29(35)14-16-32)26-37-19-23-39(24-20-37)31-11-7-4-8-12-31/h3-16H,17-26H2,1-2H3. The Bertz CT molecular complexity index is 1300. The van der Waals surface area contributed by atoms with Gasteiger partial charge in [-0.2, -0.15) is 0 Å². The largest absolute Gasteiger partial charge is 0.369 e. The topological polar surface area (TPSA) is 17.9 Å². The predicted molar refractivity (Wildman–Crippen MR) is 168 cm³/mol. The van der Waals surface area contributed by atoms with Crippen LogP contribution in [0.3, 0.4) is 0 Å². The summed E-state index contributed by atoms with van der Waals surface area (Å²) in [4.78, 5) is 10.3. The van der Waals surface area contributed by atoms with Crippen molar-refractivity contribution in [3.05, 3.63) is 112 Å². The third-order valence-electron chi connectivity index (χ3n) is 8.74. The molecular formula is C34H40ClN5. The Kier molecular flexibility index (Phi) is 8.15. The van der Waals surface area contributed by atoms with Crippen molar-refractivity contribution < 1.29 is 0 Å². The van der Waals surface area contributed by atoms with Crippen LogP contribution in [0.15, 0.2) is 84.9 Å². The second-order valence-electron chi connectivity index (χ2n) is 11.1. The summed E-state index contributed by atoms with van der Waals surface area (Å²) in [5, 5.41) is 0.777. The summed E-state index contributed by atoms with van der Waals surface area (Å²) >= 11 is 6.25. The lowest BCUT2D eigenvalue weighted by atomic mass is 10.1. The van der Waals surface area contributed by atoms with E-state index in [-0.39, 0.29) is 0 Å². The van der Waals surface area contributed by atoms with Gasteiger partial charge in [0, 0.05) is 98.9 Å². The minimum absolute atomic E-state index is 0.777. The van der Waals surface area contributed by atoms with Gasteiger partial charge in [-0.3, -0.25) is 9.80 Å². The molecule has 0 radical (unpaired) electrons. The Morgan fingerprint density at radius 3 is 1.30 bits per heavy atom. The highest BCUT2D eigenvalue weighted by atomic mass is 35.5. The maximum atomic E-state index is 6.25. The zero-order valence-electron chi connectivity index (χ0n) is 23.8. The van der Waals surface area contributed by atoms with E-state index >= 15 is 0 Å². The number of benzene rings is 3. The van der Waals surface area contributed by atoms with Gasteiger partial charge in [0.1, 0.15) is 0 Å². The second-order valence-corrected chi connectivity index (χ2v) is 11.6. The molecule has 1 aromatic heterocycles. The first-order chi connectivity index (χ1) is 19.6. The lowest BCUT2D eigenvalue weighted by molar-refractivity contribution is 0.237. The van der Waals surface area contributed by atoms with Gasteiger partial charge in [-0.1, -0.05) is 48.0 Å². The number of hydrogen-bond donors (Lipinski definition) is 0. The van der Waals surface area contributed by atoms with Gasteiger partial charge in [-0.25, -0.2) is 0 Å². The first kappa shape index (κ1) is 26.9. The van der Waals surface area contributed by atoms with Crippen molar-refractivity contribution in [1.29, 1.82) is 0 Å². The summed E-state index contributed by atoms with van der Waals surface area (Å²) in [6.07, 6.45) is 0. The van der Waals surface area contributed by atoms with E-state index < -0.39 is 0 Å². The van der Waals surface area contributed by atoms with Crippen molar-refractivity contribution in [2.45, 2.75) is 26.9 Å². The lowest BCUT2D eigenvalue weighted by Crippen LogP contribution is -2.46. The first-order valence-electron chi connectivity index (χ1n) is 14.6. The molecule has 3 aromatic carbocycles. The fraction of sp³-hybridized carbons (Fsp3) is 0.353. The van der Waals surface area contributed by atoms with E-state index in [0.717, 1.165) is 70.5 Å². The number of para-hydroxylation sites is 2.